The van der Waals surface area contributed by atoms with E-state index in [1.165, 1.54) is 42.4 Å². The van der Waals surface area contributed by atoms with Gasteiger partial charge in [0.1, 0.15) is 0 Å². The van der Waals surface area contributed by atoms with Crippen molar-refractivity contribution in [3.8, 4) is 0 Å². The summed E-state index contributed by atoms with van der Waals surface area (Å²) in [5, 5.41) is 24.5. The molecule has 11 heteroatoms. The van der Waals surface area contributed by atoms with Crippen LogP contribution in [0.25, 0.3) is 10.9 Å². The van der Waals surface area contributed by atoms with Crippen molar-refractivity contribution in [2.45, 2.75) is 24.5 Å². The summed E-state index contributed by atoms with van der Waals surface area (Å²) >= 11 is 0.862. The number of hydrogen-bond donors (Lipinski definition) is 3. The Balaban J connectivity index is 1.18. The number of likely N-dealkylation sites (tertiary alicyclic amines) is 1. The molecule has 3 heterocycles. The molecule has 0 saturated carbocycles. The summed E-state index contributed by atoms with van der Waals surface area (Å²) in [6, 6.07) is 19.5. The van der Waals surface area contributed by atoms with Gasteiger partial charge in [-0.05, 0) is 25.9 Å². The zero-order valence-electron chi connectivity index (χ0n) is 22.6. The number of amides is 1. The van der Waals surface area contributed by atoms with Gasteiger partial charge in [0.15, 0.2) is 0 Å². The third-order valence-corrected chi connectivity index (χ3v) is 11.1. The van der Waals surface area contributed by atoms with Crippen LogP contribution in [0.5, 0.6) is 0 Å². The molecular formula is C30H33AsN6O3S. The third kappa shape index (κ3) is 7.94. The second-order valence-corrected chi connectivity index (χ2v) is 13.3. The first-order chi connectivity index (χ1) is 20.1. The van der Waals surface area contributed by atoms with Crippen LogP contribution in [-0.2, 0) is 5.21 Å². The molecule has 0 bridgehead atoms. The van der Waals surface area contributed by atoms with E-state index >= 15 is 0 Å². The van der Waals surface area contributed by atoms with Crippen molar-refractivity contribution in [3.05, 3.63) is 105 Å². The predicted octanol–water partition coefficient (Wildman–Crippen LogP) is 4.37. The number of nitrogens with one attached hydrogen (secondary N) is 3. The van der Waals surface area contributed by atoms with Crippen molar-refractivity contribution in [3.63, 3.8) is 0 Å². The van der Waals surface area contributed by atoms with E-state index in [1.807, 2.05) is 35.8 Å². The van der Waals surface area contributed by atoms with E-state index in [1.54, 1.807) is 18.2 Å². The van der Waals surface area contributed by atoms with Gasteiger partial charge in [-0.15, -0.1) is 0 Å². The van der Waals surface area contributed by atoms with Gasteiger partial charge in [0.25, 0.3) is 0 Å². The second-order valence-electron chi connectivity index (χ2n) is 9.80. The molecule has 2 aromatic heterocycles. The molecular weight excluding hydrogens is 599 g/mol. The SMILES string of the molecule is O=C(Nc1cccc(NC=C(NCCN2CCCCC2)[N+](=O)[O-])c1)c1sccc1[AsH]Cc1ccnc2ccccc12. The topological polar surface area (TPSA) is 112 Å². The van der Waals surface area contributed by atoms with Gasteiger partial charge >= 0.3 is 207 Å². The number of thiophene rings is 1. The number of carbonyl (C=O) groups excluding carboxylic acids is 1. The van der Waals surface area contributed by atoms with Gasteiger partial charge in [0.2, 0.25) is 0 Å². The number of benzene rings is 2. The van der Waals surface area contributed by atoms with Gasteiger partial charge in [-0.25, -0.2) is 0 Å². The Kier molecular flexibility index (Phi) is 10.0. The molecule has 1 atom stereocenters. The first kappa shape index (κ1) is 28.8. The number of aromatic nitrogens is 1. The number of anilines is 2. The van der Waals surface area contributed by atoms with E-state index in [4.69, 9.17) is 0 Å². The number of nitro groups is 1. The Morgan fingerprint density at radius 3 is 2.76 bits per heavy atom. The molecule has 2 aromatic carbocycles. The van der Waals surface area contributed by atoms with Gasteiger partial charge in [0, 0.05) is 6.54 Å². The van der Waals surface area contributed by atoms with E-state index in [9.17, 15) is 14.9 Å². The summed E-state index contributed by atoms with van der Waals surface area (Å²) in [7, 11) is 0. The zero-order valence-corrected chi connectivity index (χ0v) is 25.6. The van der Waals surface area contributed by atoms with E-state index in [0.717, 1.165) is 45.0 Å². The van der Waals surface area contributed by atoms with Crippen molar-refractivity contribution in [2.75, 3.05) is 36.8 Å². The molecule has 1 unspecified atom stereocenters. The Morgan fingerprint density at radius 1 is 1.07 bits per heavy atom. The standard InChI is InChI=1S/C30H33AsN6O3S/c38-30(29-26(12-18-41-29)31-20-22-11-13-32-27-10-3-2-9-25(22)27)35-24-8-6-7-23(19-24)34-21-28(37(39)40)33-14-17-36-15-4-1-5-16-36/h2-3,6-13,18-19,21,31,33-34H,1,4-5,14-17,20H2,(H,35,38). The summed E-state index contributed by atoms with van der Waals surface area (Å²) in [6.07, 6.45) is 6.84. The number of pyridine rings is 1. The Labute approximate surface area is 249 Å². The first-order valence-corrected chi connectivity index (χ1v) is 17.1. The maximum atomic E-state index is 13.2. The summed E-state index contributed by atoms with van der Waals surface area (Å²) in [6.45, 7) is 3.38. The van der Waals surface area contributed by atoms with Gasteiger partial charge in [0.05, 0.1) is 0 Å². The molecule has 0 spiro atoms. The van der Waals surface area contributed by atoms with Gasteiger partial charge in [-0.2, -0.15) is 0 Å². The summed E-state index contributed by atoms with van der Waals surface area (Å²) in [4.78, 5) is 31.8. The normalized spacial score (nSPS) is 14.4. The van der Waals surface area contributed by atoms with Crippen LogP contribution in [0.15, 0.2) is 84.3 Å². The van der Waals surface area contributed by atoms with Crippen LogP contribution in [-0.4, -0.2) is 62.6 Å². The minimum atomic E-state index is -0.589. The molecule has 4 aromatic rings. The zero-order chi connectivity index (χ0) is 28.4. The van der Waals surface area contributed by atoms with Crippen LogP contribution in [0, 0.1) is 10.1 Å². The fraction of sp³-hybridized carbons (Fsp3) is 0.267. The average Bonchev–Trinajstić information content (AvgIpc) is 3.47. The molecule has 3 N–H and O–H groups in total. The van der Waals surface area contributed by atoms with Crippen molar-refractivity contribution in [1.82, 2.24) is 15.2 Å². The van der Waals surface area contributed by atoms with Gasteiger partial charge in [-0.3, -0.25) is 4.90 Å². The van der Waals surface area contributed by atoms with Crippen LogP contribution < -0.4 is 20.3 Å². The quantitative estimate of drug-likeness (QED) is 0.121. The maximum absolute atomic E-state index is 13.2. The Hall–Kier alpha value is -3.72. The number of fused-ring (bicyclic) bond motifs is 1. The molecule has 1 saturated heterocycles. The van der Waals surface area contributed by atoms with Gasteiger partial charge < -0.3 is 0 Å². The minimum absolute atomic E-state index is 0.0916. The van der Waals surface area contributed by atoms with E-state index in [-0.39, 0.29) is 11.7 Å². The first-order valence-electron chi connectivity index (χ1n) is 13.7. The van der Waals surface area contributed by atoms with Crippen molar-refractivity contribution >= 4 is 59.6 Å². The number of para-hydroxylation sites is 1. The molecule has 1 fully saturated rings. The fourth-order valence-corrected chi connectivity index (χ4v) is 8.98. The summed E-state index contributed by atoms with van der Waals surface area (Å²) < 4.78 is 1.12. The van der Waals surface area contributed by atoms with Crippen LogP contribution >= 0.6 is 11.3 Å². The molecule has 5 rings (SSSR count). The summed E-state index contributed by atoms with van der Waals surface area (Å²) in [5.74, 6) is -0.234. The molecule has 1 amide bonds. The number of piperidine rings is 1. The predicted molar refractivity (Wildman–Crippen MR) is 168 cm³/mol. The molecule has 212 valence electrons. The molecule has 1 aliphatic rings. The van der Waals surface area contributed by atoms with Crippen molar-refractivity contribution in [1.29, 1.82) is 0 Å². The molecule has 9 nitrogen and oxygen atoms in total. The van der Waals surface area contributed by atoms with Crippen molar-refractivity contribution < 1.29 is 9.72 Å². The monoisotopic (exact) mass is 632 g/mol. The third-order valence-electron chi connectivity index (χ3n) is 6.96. The fourth-order valence-electron chi connectivity index (χ4n) is 4.84. The number of carbonyl (C=O) groups is 1. The number of nitrogens with zero attached hydrogens (tertiary/aromatic N) is 3. The Morgan fingerprint density at radius 2 is 1.90 bits per heavy atom. The molecule has 0 aliphatic carbocycles. The summed E-state index contributed by atoms with van der Waals surface area (Å²) in [5.41, 5.74) is 3.51. The van der Waals surface area contributed by atoms with Crippen LogP contribution in [0.4, 0.5) is 11.4 Å². The van der Waals surface area contributed by atoms with Gasteiger partial charge in [-0.1, -0.05) is 6.42 Å². The molecule has 1 aliphatic heterocycles. The molecule has 41 heavy (non-hydrogen) atoms. The van der Waals surface area contributed by atoms with Crippen LogP contribution in [0.2, 0.25) is 0 Å². The Bertz CT molecular complexity index is 1530. The second kappa shape index (κ2) is 14.3. The van der Waals surface area contributed by atoms with Crippen LogP contribution in [0.1, 0.15) is 34.5 Å². The van der Waals surface area contributed by atoms with Crippen LogP contribution in [0.3, 0.4) is 0 Å². The van der Waals surface area contributed by atoms with Crippen molar-refractivity contribution in [2.24, 2.45) is 0 Å². The van der Waals surface area contributed by atoms with E-state index < -0.39 is 20.7 Å². The average molecular weight is 633 g/mol. The van der Waals surface area contributed by atoms with E-state index in [0.29, 0.717) is 17.9 Å². The number of rotatable bonds is 12. The molecule has 0 radical (unpaired) electrons. The number of hydrogen-bond acceptors (Lipinski definition) is 8. The van der Waals surface area contributed by atoms with E-state index in [2.05, 4.69) is 44.0 Å².